The van der Waals surface area contributed by atoms with E-state index in [-0.39, 0.29) is 24.9 Å². The van der Waals surface area contributed by atoms with E-state index >= 15 is 0 Å². The molecule has 1 atom stereocenters. The van der Waals surface area contributed by atoms with Crippen LogP contribution in [0.15, 0.2) is 60.8 Å². The zero-order valence-corrected chi connectivity index (χ0v) is 15.9. The van der Waals surface area contributed by atoms with E-state index in [4.69, 9.17) is 4.74 Å². The summed E-state index contributed by atoms with van der Waals surface area (Å²) >= 11 is 0. The summed E-state index contributed by atoms with van der Waals surface area (Å²) in [5, 5.41) is 0.893. The van der Waals surface area contributed by atoms with Crippen molar-refractivity contribution in [2.24, 2.45) is 0 Å². The molecule has 1 N–H and O–H groups in total. The van der Waals surface area contributed by atoms with Crippen LogP contribution in [0.25, 0.3) is 21.9 Å². The molecule has 5 rings (SSSR count). The second-order valence-corrected chi connectivity index (χ2v) is 7.33. The number of benzene rings is 1. The summed E-state index contributed by atoms with van der Waals surface area (Å²) in [6, 6.07) is 15.9. The van der Waals surface area contributed by atoms with Gasteiger partial charge in [0, 0.05) is 30.6 Å². The van der Waals surface area contributed by atoms with E-state index in [1.54, 1.807) is 42.6 Å². The molecule has 4 aromatic rings. The molecule has 3 aromatic heterocycles. The Kier molecular flexibility index (Phi) is 4.34. The lowest BCUT2D eigenvalue weighted by Gasteiger charge is -2.37. The number of ether oxygens (including phenoxy) is 1. The molecule has 1 aromatic carbocycles. The number of nitrogens with one attached hydrogen (secondary N) is 1. The lowest BCUT2D eigenvalue weighted by Crippen LogP contribution is -2.55. The molecule has 0 aliphatic carbocycles. The quantitative estimate of drug-likeness (QED) is 0.555. The number of rotatable bonds is 3. The third-order valence-electron chi connectivity index (χ3n) is 5.31. The van der Waals surface area contributed by atoms with E-state index in [0.717, 1.165) is 10.9 Å². The van der Waals surface area contributed by atoms with Gasteiger partial charge in [0.05, 0.1) is 23.1 Å². The van der Waals surface area contributed by atoms with Crippen molar-refractivity contribution in [2.45, 2.75) is 18.4 Å². The van der Waals surface area contributed by atoms with Gasteiger partial charge in [0.15, 0.2) is 6.10 Å². The normalized spacial score (nSPS) is 18.6. The number of aromatic amines is 1. The minimum atomic E-state index is -3.06. The average Bonchev–Trinajstić information content (AvgIpc) is 3.19. The number of H-pyrrole nitrogens is 1. The van der Waals surface area contributed by atoms with Crippen molar-refractivity contribution in [1.29, 1.82) is 0 Å². The number of carbonyl (C=O) groups is 1. The Morgan fingerprint density at radius 1 is 1.13 bits per heavy atom. The summed E-state index contributed by atoms with van der Waals surface area (Å²) in [4.78, 5) is 25.8. The molecule has 0 saturated carbocycles. The van der Waals surface area contributed by atoms with Crippen LogP contribution in [-0.4, -0.2) is 50.9 Å². The Balaban J connectivity index is 1.38. The average molecular weight is 408 g/mol. The maximum absolute atomic E-state index is 14.6. The minimum absolute atomic E-state index is 0.0559. The van der Waals surface area contributed by atoms with Crippen molar-refractivity contribution in [3.8, 4) is 5.88 Å². The van der Waals surface area contributed by atoms with Gasteiger partial charge >= 0.3 is 0 Å². The van der Waals surface area contributed by atoms with Gasteiger partial charge in [-0.15, -0.1) is 0 Å². The second-order valence-electron chi connectivity index (χ2n) is 7.33. The SMILES string of the molecule is O=C(c1cc2ncccc2[nH]1)N1CCC(F)(F)C(Oc2ccc3ccccc3n2)C1. The Labute approximate surface area is 170 Å². The molecule has 0 spiro atoms. The van der Waals surface area contributed by atoms with E-state index in [9.17, 15) is 13.6 Å². The Bertz CT molecular complexity index is 1210. The van der Waals surface area contributed by atoms with Gasteiger partial charge in [0.25, 0.3) is 11.8 Å². The first-order valence-electron chi connectivity index (χ1n) is 9.63. The Morgan fingerprint density at radius 3 is 2.87 bits per heavy atom. The fourth-order valence-electron chi connectivity index (χ4n) is 3.68. The minimum Gasteiger partial charge on any atom is -0.466 e. The van der Waals surface area contributed by atoms with Crippen LogP contribution >= 0.6 is 0 Å². The molecule has 1 saturated heterocycles. The highest BCUT2D eigenvalue weighted by atomic mass is 19.3. The van der Waals surface area contributed by atoms with Crippen LogP contribution in [0.1, 0.15) is 16.9 Å². The molecule has 1 amide bonds. The molecule has 0 bridgehead atoms. The number of para-hydroxylation sites is 1. The monoisotopic (exact) mass is 408 g/mol. The molecule has 1 unspecified atom stereocenters. The first-order valence-corrected chi connectivity index (χ1v) is 9.63. The summed E-state index contributed by atoms with van der Waals surface area (Å²) in [6.07, 6.45) is -0.326. The van der Waals surface area contributed by atoms with Crippen LogP contribution in [-0.2, 0) is 0 Å². The zero-order valence-electron chi connectivity index (χ0n) is 15.9. The predicted octanol–water partition coefficient (Wildman–Crippen LogP) is 4.04. The fourth-order valence-corrected chi connectivity index (χ4v) is 3.68. The van der Waals surface area contributed by atoms with Gasteiger partial charge in [-0.25, -0.2) is 13.8 Å². The second kappa shape index (κ2) is 7.05. The number of piperidine rings is 1. The Hall–Kier alpha value is -3.55. The summed E-state index contributed by atoms with van der Waals surface area (Å²) in [7, 11) is 0. The van der Waals surface area contributed by atoms with Crippen LogP contribution in [0.5, 0.6) is 5.88 Å². The molecule has 152 valence electrons. The number of hydrogen-bond acceptors (Lipinski definition) is 4. The summed E-state index contributed by atoms with van der Waals surface area (Å²) in [5.74, 6) is -3.31. The largest absolute Gasteiger partial charge is 0.466 e. The molecule has 0 radical (unpaired) electrons. The third kappa shape index (κ3) is 3.34. The lowest BCUT2D eigenvalue weighted by atomic mass is 10.0. The molecular weight excluding hydrogens is 390 g/mol. The van der Waals surface area contributed by atoms with Crippen LogP contribution < -0.4 is 4.74 Å². The van der Waals surface area contributed by atoms with Gasteiger partial charge < -0.3 is 14.6 Å². The molecule has 30 heavy (non-hydrogen) atoms. The maximum atomic E-state index is 14.6. The molecule has 1 aliphatic heterocycles. The molecule has 8 heteroatoms. The van der Waals surface area contributed by atoms with E-state index in [1.807, 2.05) is 18.2 Å². The number of pyridine rings is 2. The molecule has 1 fully saturated rings. The topological polar surface area (TPSA) is 71.1 Å². The maximum Gasteiger partial charge on any atom is 0.287 e. The Morgan fingerprint density at radius 2 is 2.00 bits per heavy atom. The smallest absolute Gasteiger partial charge is 0.287 e. The van der Waals surface area contributed by atoms with E-state index in [0.29, 0.717) is 16.7 Å². The van der Waals surface area contributed by atoms with Crippen molar-refractivity contribution in [3.05, 3.63) is 66.5 Å². The summed E-state index contributed by atoms with van der Waals surface area (Å²) in [6.45, 7) is -0.289. The highest BCUT2D eigenvalue weighted by Crippen LogP contribution is 2.32. The summed E-state index contributed by atoms with van der Waals surface area (Å²) < 4.78 is 34.7. The van der Waals surface area contributed by atoms with Crippen molar-refractivity contribution < 1.29 is 18.3 Å². The van der Waals surface area contributed by atoms with Crippen molar-refractivity contribution in [1.82, 2.24) is 19.9 Å². The number of amides is 1. The van der Waals surface area contributed by atoms with Gasteiger partial charge in [-0.05, 0) is 30.3 Å². The highest BCUT2D eigenvalue weighted by Gasteiger charge is 2.47. The molecule has 1 aliphatic rings. The van der Waals surface area contributed by atoms with E-state index in [1.165, 1.54) is 4.90 Å². The van der Waals surface area contributed by atoms with Crippen LogP contribution in [0, 0.1) is 0 Å². The van der Waals surface area contributed by atoms with Gasteiger partial charge in [-0.3, -0.25) is 9.78 Å². The van der Waals surface area contributed by atoms with Crippen LogP contribution in [0.3, 0.4) is 0 Å². The standard InChI is InChI=1S/C22H18F2N4O2/c23-22(24)9-11-28(21(29)18-12-17-16(26-18)6-3-10-25-17)13-19(22)30-20-8-7-14-4-1-2-5-15(14)27-20/h1-8,10,12,19,26H,9,11,13H2. The number of hydrogen-bond donors (Lipinski definition) is 1. The van der Waals surface area contributed by atoms with E-state index < -0.39 is 18.4 Å². The van der Waals surface area contributed by atoms with E-state index in [2.05, 4.69) is 15.0 Å². The van der Waals surface area contributed by atoms with Crippen molar-refractivity contribution in [3.63, 3.8) is 0 Å². The van der Waals surface area contributed by atoms with Gasteiger partial charge in [0.1, 0.15) is 5.69 Å². The lowest BCUT2D eigenvalue weighted by molar-refractivity contribution is -0.131. The number of nitrogens with zero attached hydrogens (tertiary/aromatic N) is 3. The fraction of sp³-hybridized carbons (Fsp3) is 0.227. The third-order valence-corrected chi connectivity index (χ3v) is 5.31. The highest BCUT2D eigenvalue weighted by molar-refractivity contribution is 5.97. The number of likely N-dealkylation sites (tertiary alicyclic amines) is 1. The first kappa shape index (κ1) is 18.5. The van der Waals surface area contributed by atoms with Gasteiger partial charge in [-0.1, -0.05) is 18.2 Å². The van der Waals surface area contributed by atoms with Crippen molar-refractivity contribution >= 4 is 27.8 Å². The molecule has 6 nitrogen and oxygen atoms in total. The van der Waals surface area contributed by atoms with Crippen LogP contribution in [0.2, 0.25) is 0 Å². The number of halogens is 2. The van der Waals surface area contributed by atoms with Gasteiger partial charge in [0.2, 0.25) is 5.88 Å². The van der Waals surface area contributed by atoms with Crippen LogP contribution in [0.4, 0.5) is 8.78 Å². The van der Waals surface area contributed by atoms with Crippen molar-refractivity contribution in [2.75, 3.05) is 13.1 Å². The van der Waals surface area contributed by atoms with Gasteiger partial charge in [-0.2, -0.15) is 0 Å². The zero-order chi connectivity index (χ0) is 20.7. The predicted molar refractivity (Wildman–Crippen MR) is 108 cm³/mol. The molecular formula is C22H18F2N4O2. The molecule has 4 heterocycles. The summed E-state index contributed by atoms with van der Waals surface area (Å²) in [5.41, 5.74) is 2.34. The number of aromatic nitrogens is 3. The number of alkyl halides is 2. The number of carbonyl (C=O) groups excluding carboxylic acids is 1. The number of fused-ring (bicyclic) bond motifs is 2. The first-order chi connectivity index (χ1) is 14.5.